The van der Waals surface area contributed by atoms with E-state index in [2.05, 4.69) is 48.0 Å². The first-order valence-electron chi connectivity index (χ1n) is 11.1. The van der Waals surface area contributed by atoms with Crippen LogP contribution in [0.5, 0.6) is 0 Å². The van der Waals surface area contributed by atoms with E-state index in [0.29, 0.717) is 22.2 Å². The molecule has 0 aliphatic carbocycles. The number of rotatable bonds is 4. The van der Waals surface area contributed by atoms with Crippen LogP contribution in [-0.4, -0.2) is 21.5 Å². The molecule has 7 heteroatoms. The van der Waals surface area contributed by atoms with Crippen LogP contribution in [0.2, 0.25) is 5.02 Å². The van der Waals surface area contributed by atoms with Gasteiger partial charge in [-0.15, -0.1) is 0 Å². The third kappa shape index (κ3) is 4.19. The first-order valence-corrected chi connectivity index (χ1v) is 11.8. The molecule has 1 saturated heterocycles. The zero-order chi connectivity index (χ0) is 24.7. The van der Waals surface area contributed by atoms with Gasteiger partial charge in [-0.3, -0.25) is 19.8 Å². The summed E-state index contributed by atoms with van der Waals surface area (Å²) in [7, 11) is 0. The van der Waals surface area contributed by atoms with Gasteiger partial charge < -0.3 is 4.57 Å². The number of carbonyl (C=O) groups is 2. The zero-order valence-corrected chi connectivity index (χ0v) is 21.3. The number of thiocarbonyl (C=S) groups is 1. The lowest BCUT2D eigenvalue weighted by Gasteiger charge is -2.30. The molecule has 2 heterocycles. The van der Waals surface area contributed by atoms with Crippen LogP contribution < -0.4 is 10.2 Å². The molecule has 1 aromatic heterocycles. The Labute approximate surface area is 210 Å². The second-order valence-electron chi connectivity index (χ2n) is 8.75. The van der Waals surface area contributed by atoms with E-state index in [4.69, 9.17) is 23.8 Å². The molecule has 0 saturated carbocycles. The summed E-state index contributed by atoms with van der Waals surface area (Å²) in [5.41, 5.74) is 6.29. The minimum absolute atomic E-state index is 0.0170. The van der Waals surface area contributed by atoms with Crippen LogP contribution >= 0.6 is 23.8 Å². The highest BCUT2D eigenvalue weighted by atomic mass is 35.5. The van der Waals surface area contributed by atoms with Crippen molar-refractivity contribution >= 4 is 52.5 Å². The highest BCUT2D eigenvalue weighted by molar-refractivity contribution is 7.80. The van der Waals surface area contributed by atoms with Crippen molar-refractivity contribution in [1.82, 2.24) is 9.88 Å². The van der Waals surface area contributed by atoms with E-state index in [1.165, 1.54) is 10.5 Å². The normalized spacial score (nSPS) is 15.4. The maximum Gasteiger partial charge on any atom is 0.270 e. The summed E-state index contributed by atoms with van der Waals surface area (Å²) in [5, 5.41) is 3.20. The van der Waals surface area contributed by atoms with Crippen molar-refractivity contribution in [3.63, 3.8) is 0 Å². The van der Waals surface area contributed by atoms with E-state index < -0.39 is 11.8 Å². The zero-order valence-electron chi connectivity index (χ0n) is 19.8. The Kier molecular flexibility index (Phi) is 6.47. The molecular weight excluding hydrogens is 466 g/mol. The molecule has 0 radical (unpaired) electrons. The molecule has 1 fully saturated rings. The Balaban J connectivity index is 1.75. The first kappa shape index (κ1) is 23.9. The van der Waals surface area contributed by atoms with Crippen LogP contribution in [-0.2, 0) is 9.59 Å². The lowest BCUT2D eigenvalue weighted by atomic mass is 10.0. The predicted octanol–water partition coefficient (Wildman–Crippen LogP) is 6.01. The van der Waals surface area contributed by atoms with Gasteiger partial charge in [-0.05, 0) is 92.0 Å². The Morgan fingerprint density at radius 2 is 1.71 bits per heavy atom. The summed E-state index contributed by atoms with van der Waals surface area (Å²) in [6.07, 6.45) is 1.63. The van der Waals surface area contributed by atoms with Crippen molar-refractivity contribution in [3.05, 3.63) is 87.2 Å². The second kappa shape index (κ2) is 9.20. The number of hydrogen-bond donors (Lipinski definition) is 1. The average Bonchev–Trinajstić information content (AvgIpc) is 3.06. The Hall–Kier alpha value is -3.22. The molecule has 0 spiro atoms. The number of aromatic nitrogens is 1. The molecule has 174 valence electrons. The molecule has 5 nitrogen and oxygen atoms in total. The number of hydrogen-bond acceptors (Lipinski definition) is 3. The van der Waals surface area contributed by atoms with Crippen LogP contribution in [0.15, 0.2) is 54.1 Å². The maximum absolute atomic E-state index is 13.4. The van der Waals surface area contributed by atoms with Crippen molar-refractivity contribution in [1.29, 1.82) is 0 Å². The number of carbonyl (C=O) groups excluding carboxylic acids is 2. The largest absolute Gasteiger partial charge is 0.318 e. The molecule has 2 aromatic carbocycles. The molecule has 0 unspecified atom stereocenters. The third-order valence-corrected chi connectivity index (χ3v) is 6.86. The van der Waals surface area contributed by atoms with Gasteiger partial charge in [-0.2, -0.15) is 0 Å². The highest BCUT2D eigenvalue weighted by Crippen LogP contribution is 2.30. The highest BCUT2D eigenvalue weighted by Gasteiger charge is 2.35. The summed E-state index contributed by atoms with van der Waals surface area (Å²) in [6, 6.07) is 15.7. The molecule has 0 atom stereocenters. The molecule has 1 aliphatic rings. The SMILES string of the molecule is Cc1c(Cl)cccc1N1C(=O)/C(=C/c2cc(C)n(-c3ccc(C(C)C)cc3)c2C)C(=O)NC1=S. The third-order valence-electron chi connectivity index (χ3n) is 6.17. The fraction of sp³-hybridized carbons (Fsp3) is 0.222. The van der Waals surface area contributed by atoms with Crippen LogP contribution in [0.3, 0.4) is 0 Å². The number of aryl methyl sites for hydroxylation is 1. The number of benzene rings is 2. The summed E-state index contributed by atoms with van der Waals surface area (Å²) in [4.78, 5) is 27.6. The van der Waals surface area contributed by atoms with Crippen LogP contribution in [0.4, 0.5) is 5.69 Å². The Bertz CT molecular complexity index is 1350. The number of anilines is 1. The smallest absolute Gasteiger partial charge is 0.270 e. The molecular formula is C27H26ClN3O2S. The minimum Gasteiger partial charge on any atom is -0.318 e. The quantitative estimate of drug-likeness (QED) is 0.276. The van der Waals surface area contributed by atoms with Gasteiger partial charge in [-0.1, -0.05) is 43.6 Å². The molecule has 0 bridgehead atoms. The topological polar surface area (TPSA) is 54.3 Å². The number of halogens is 1. The Morgan fingerprint density at radius 1 is 1.03 bits per heavy atom. The van der Waals surface area contributed by atoms with Gasteiger partial charge in [0, 0.05) is 22.1 Å². The van der Waals surface area contributed by atoms with Gasteiger partial charge in [0.2, 0.25) is 0 Å². The van der Waals surface area contributed by atoms with Gasteiger partial charge in [-0.25, -0.2) is 0 Å². The molecule has 2 amide bonds. The van der Waals surface area contributed by atoms with Crippen LogP contribution in [0, 0.1) is 20.8 Å². The monoisotopic (exact) mass is 491 g/mol. The lowest BCUT2D eigenvalue weighted by Crippen LogP contribution is -2.54. The molecule has 1 aliphatic heterocycles. The fourth-order valence-corrected chi connectivity index (χ4v) is 4.65. The summed E-state index contributed by atoms with van der Waals surface area (Å²) in [5.74, 6) is -0.545. The van der Waals surface area contributed by atoms with Gasteiger partial charge >= 0.3 is 0 Å². The Morgan fingerprint density at radius 3 is 2.35 bits per heavy atom. The summed E-state index contributed by atoms with van der Waals surface area (Å²) < 4.78 is 2.12. The van der Waals surface area contributed by atoms with Gasteiger partial charge in [0.05, 0.1) is 5.69 Å². The minimum atomic E-state index is -0.517. The first-order chi connectivity index (χ1) is 16.1. The van der Waals surface area contributed by atoms with E-state index in [9.17, 15) is 9.59 Å². The van der Waals surface area contributed by atoms with E-state index in [0.717, 1.165) is 22.6 Å². The fourth-order valence-electron chi connectivity index (χ4n) is 4.21. The van der Waals surface area contributed by atoms with Crippen molar-refractivity contribution in [2.45, 2.75) is 40.5 Å². The summed E-state index contributed by atoms with van der Waals surface area (Å²) in [6.45, 7) is 10.1. The standard InChI is InChI=1S/C27H26ClN3O2S/c1-15(2)19-9-11-21(12-10-19)30-16(3)13-20(18(30)5)14-22-25(32)29-27(34)31(26(22)33)24-8-6-7-23(28)17(24)4/h6-15H,1-5H3,(H,29,32,34)/b22-14+. The van der Waals surface area contributed by atoms with Gasteiger partial charge in [0.25, 0.3) is 11.8 Å². The molecule has 34 heavy (non-hydrogen) atoms. The van der Waals surface area contributed by atoms with Gasteiger partial charge in [0.1, 0.15) is 5.57 Å². The maximum atomic E-state index is 13.4. The van der Waals surface area contributed by atoms with Crippen LogP contribution in [0.1, 0.15) is 47.8 Å². The average molecular weight is 492 g/mol. The number of amides is 2. The lowest BCUT2D eigenvalue weighted by molar-refractivity contribution is -0.122. The second-order valence-corrected chi connectivity index (χ2v) is 9.54. The van der Waals surface area contributed by atoms with Crippen molar-refractivity contribution in [3.8, 4) is 5.69 Å². The summed E-state index contributed by atoms with van der Waals surface area (Å²) >= 11 is 11.6. The van der Waals surface area contributed by atoms with E-state index in [-0.39, 0.29) is 10.7 Å². The predicted molar refractivity (Wildman–Crippen MR) is 142 cm³/mol. The van der Waals surface area contributed by atoms with Crippen molar-refractivity contribution in [2.75, 3.05) is 4.90 Å². The number of nitrogens with zero attached hydrogens (tertiary/aromatic N) is 2. The van der Waals surface area contributed by atoms with Crippen molar-refractivity contribution < 1.29 is 9.59 Å². The van der Waals surface area contributed by atoms with E-state index in [1.807, 2.05) is 26.8 Å². The van der Waals surface area contributed by atoms with E-state index >= 15 is 0 Å². The van der Waals surface area contributed by atoms with Crippen molar-refractivity contribution in [2.24, 2.45) is 0 Å². The van der Waals surface area contributed by atoms with Crippen LogP contribution in [0.25, 0.3) is 11.8 Å². The number of nitrogens with one attached hydrogen (secondary N) is 1. The molecule has 1 N–H and O–H groups in total. The van der Waals surface area contributed by atoms with Gasteiger partial charge in [0.15, 0.2) is 5.11 Å². The van der Waals surface area contributed by atoms with E-state index in [1.54, 1.807) is 24.3 Å². The molecule has 3 aromatic rings. The molecule has 4 rings (SSSR count).